The minimum absolute atomic E-state index is 0.0742. The fourth-order valence-electron chi connectivity index (χ4n) is 2.98. The summed E-state index contributed by atoms with van der Waals surface area (Å²) in [6.07, 6.45) is 4.26. The van der Waals surface area contributed by atoms with Crippen LogP contribution in [-0.4, -0.2) is 32.4 Å². The Balaban J connectivity index is 1.45. The van der Waals surface area contributed by atoms with E-state index < -0.39 is 0 Å². The summed E-state index contributed by atoms with van der Waals surface area (Å²) in [6, 6.07) is 0.214. The number of hydrogen-bond acceptors (Lipinski definition) is 5. The van der Waals surface area contributed by atoms with Crippen LogP contribution in [0.3, 0.4) is 0 Å². The van der Waals surface area contributed by atoms with E-state index in [4.69, 9.17) is 0 Å². The van der Waals surface area contributed by atoms with Gasteiger partial charge in [-0.15, -0.1) is 11.3 Å². The molecule has 3 N–H and O–H groups in total. The molecule has 2 aromatic rings. The van der Waals surface area contributed by atoms with Crippen LogP contribution in [0.2, 0.25) is 0 Å². The Labute approximate surface area is 148 Å². The molecule has 6 nitrogen and oxygen atoms in total. The van der Waals surface area contributed by atoms with Crippen LogP contribution in [0.15, 0.2) is 14.5 Å². The fraction of sp³-hybridized carbons (Fsp3) is 0.562. The van der Waals surface area contributed by atoms with Gasteiger partial charge in [-0.25, -0.2) is 4.98 Å². The van der Waals surface area contributed by atoms with Crippen LogP contribution in [0.5, 0.6) is 0 Å². The Morgan fingerprint density at radius 3 is 2.67 bits per heavy atom. The van der Waals surface area contributed by atoms with Crippen molar-refractivity contribution < 1.29 is 4.79 Å². The lowest BCUT2D eigenvalue weighted by atomic mass is 9.95. The van der Waals surface area contributed by atoms with E-state index in [1.54, 1.807) is 18.3 Å². The fourth-order valence-corrected chi connectivity index (χ4v) is 5.26. The minimum Gasteiger partial charge on any atom is -0.353 e. The average Bonchev–Trinajstić information content (AvgIpc) is 3.09. The molecule has 130 valence electrons. The van der Waals surface area contributed by atoms with Crippen LogP contribution in [0.1, 0.15) is 42.6 Å². The number of rotatable bonds is 5. The van der Waals surface area contributed by atoms with E-state index in [0.29, 0.717) is 10.8 Å². The summed E-state index contributed by atoms with van der Waals surface area (Å²) in [5.74, 6) is -0.0742. The Morgan fingerprint density at radius 2 is 2.08 bits per heavy atom. The highest BCUT2D eigenvalue weighted by Crippen LogP contribution is 2.35. The van der Waals surface area contributed by atoms with Gasteiger partial charge in [-0.2, -0.15) is 0 Å². The monoisotopic (exact) mass is 366 g/mol. The quantitative estimate of drug-likeness (QED) is 0.758. The number of thiazole rings is 1. The number of amides is 1. The van der Waals surface area contributed by atoms with E-state index in [-0.39, 0.29) is 23.9 Å². The molecule has 1 amide bonds. The number of aryl methyl sites for hydroxylation is 2. The van der Waals surface area contributed by atoms with Crippen LogP contribution < -0.4 is 10.9 Å². The first-order chi connectivity index (χ1) is 11.5. The van der Waals surface area contributed by atoms with Crippen molar-refractivity contribution in [1.82, 2.24) is 20.5 Å². The van der Waals surface area contributed by atoms with Crippen molar-refractivity contribution in [2.24, 2.45) is 0 Å². The molecule has 0 unspecified atom stereocenters. The predicted octanol–water partition coefficient (Wildman–Crippen LogP) is 2.54. The molecule has 0 spiro atoms. The molecule has 1 aliphatic carbocycles. The number of aromatic amines is 2. The maximum Gasteiger partial charge on any atom is 0.267 e. The molecule has 8 heteroatoms. The molecular formula is C16H22N4O2S2. The molecular weight excluding hydrogens is 344 g/mol. The number of hydrogen-bond donors (Lipinski definition) is 3. The van der Waals surface area contributed by atoms with Crippen molar-refractivity contribution in [3.8, 4) is 0 Å². The van der Waals surface area contributed by atoms with Crippen LogP contribution in [0, 0.1) is 13.8 Å². The van der Waals surface area contributed by atoms with E-state index in [9.17, 15) is 9.59 Å². The zero-order valence-electron chi connectivity index (χ0n) is 13.8. The molecule has 3 rings (SSSR count). The van der Waals surface area contributed by atoms with Crippen molar-refractivity contribution in [3.63, 3.8) is 0 Å². The summed E-state index contributed by atoms with van der Waals surface area (Å²) in [4.78, 5) is 28.3. The number of H-pyrrole nitrogens is 2. The van der Waals surface area contributed by atoms with Gasteiger partial charge >= 0.3 is 0 Å². The molecule has 2 aromatic heterocycles. The highest BCUT2D eigenvalue weighted by molar-refractivity contribution is 8.01. The Bertz CT molecular complexity index is 756. The lowest BCUT2D eigenvalue weighted by Crippen LogP contribution is -2.39. The summed E-state index contributed by atoms with van der Waals surface area (Å²) >= 11 is 3.57. The second-order valence-electron chi connectivity index (χ2n) is 6.27. The molecule has 0 bridgehead atoms. The third-order valence-electron chi connectivity index (χ3n) is 4.33. The first-order valence-electron chi connectivity index (χ1n) is 8.15. The van der Waals surface area contributed by atoms with Crippen LogP contribution >= 0.6 is 23.1 Å². The standard InChI is InChI=1S/C16H22N4O2S2/c1-9-8-23-16(17-9)24-12-5-3-11(4-6-12)18-14(21)7-13-10(2)19-20-15(13)22/h8,11-12H,3-7H2,1-2H3,(H,18,21)(H2,19,20,22). The number of carbonyl (C=O) groups excluding carboxylic acids is 1. The number of nitrogens with one attached hydrogen (secondary N) is 3. The smallest absolute Gasteiger partial charge is 0.267 e. The van der Waals surface area contributed by atoms with Crippen molar-refractivity contribution in [1.29, 1.82) is 0 Å². The van der Waals surface area contributed by atoms with E-state index in [2.05, 4.69) is 25.9 Å². The molecule has 0 saturated heterocycles. The summed E-state index contributed by atoms with van der Waals surface area (Å²) in [6.45, 7) is 3.81. The van der Waals surface area contributed by atoms with Gasteiger partial charge in [-0.1, -0.05) is 11.8 Å². The number of carbonyl (C=O) groups is 1. The van der Waals surface area contributed by atoms with Gasteiger partial charge in [-0.3, -0.25) is 14.7 Å². The van der Waals surface area contributed by atoms with E-state index in [0.717, 1.165) is 41.4 Å². The summed E-state index contributed by atoms with van der Waals surface area (Å²) in [7, 11) is 0. The lowest BCUT2D eigenvalue weighted by molar-refractivity contribution is -0.121. The van der Waals surface area contributed by atoms with E-state index in [1.165, 1.54) is 0 Å². The van der Waals surface area contributed by atoms with Crippen LogP contribution in [0.4, 0.5) is 0 Å². The Kier molecular flexibility index (Phi) is 5.45. The molecule has 0 aromatic carbocycles. The number of nitrogens with zero attached hydrogens (tertiary/aromatic N) is 1. The van der Waals surface area contributed by atoms with Gasteiger partial charge in [0.15, 0.2) is 0 Å². The molecule has 24 heavy (non-hydrogen) atoms. The molecule has 0 radical (unpaired) electrons. The van der Waals surface area contributed by atoms with Gasteiger partial charge in [0.1, 0.15) is 4.34 Å². The topological polar surface area (TPSA) is 90.6 Å². The second kappa shape index (κ2) is 7.57. The van der Waals surface area contributed by atoms with Gasteiger partial charge in [-0.05, 0) is 39.5 Å². The Hall–Kier alpha value is -1.54. The molecule has 1 saturated carbocycles. The van der Waals surface area contributed by atoms with E-state index in [1.807, 2.05) is 18.7 Å². The van der Waals surface area contributed by atoms with Crippen LogP contribution in [-0.2, 0) is 11.2 Å². The highest BCUT2D eigenvalue weighted by Gasteiger charge is 2.24. The SMILES string of the molecule is Cc1csc(SC2CCC(NC(=O)Cc3c(C)[nH][nH]c3=O)CC2)n1. The zero-order chi connectivity index (χ0) is 17.1. The highest BCUT2D eigenvalue weighted by atomic mass is 32.2. The molecule has 1 aliphatic rings. The maximum absolute atomic E-state index is 12.2. The van der Waals surface area contributed by atoms with Gasteiger partial charge in [0, 0.05) is 33.6 Å². The average molecular weight is 367 g/mol. The second-order valence-corrected chi connectivity index (χ2v) is 8.68. The molecule has 0 aliphatic heterocycles. The third kappa shape index (κ3) is 4.30. The van der Waals surface area contributed by atoms with Crippen molar-refractivity contribution in [3.05, 3.63) is 32.7 Å². The zero-order valence-corrected chi connectivity index (χ0v) is 15.5. The molecule has 1 fully saturated rings. The van der Waals surface area contributed by atoms with Crippen molar-refractivity contribution >= 4 is 29.0 Å². The largest absolute Gasteiger partial charge is 0.353 e. The minimum atomic E-state index is -0.207. The Morgan fingerprint density at radius 1 is 1.33 bits per heavy atom. The van der Waals surface area contributed by atoms with Gasteiger partial charge < -0.3 is 10.4 Å². The number of thioether (sulfide) groups is 1. The summed E-state index contributed by atoms with van der Waals surface area (Å²) in [5, 5.41) is 11.0. The van der Waals surface area contributed by atoms with Gasteiger partial charge in [0.05, 0.1) is 6.42 Å². The number of aromatic nitrogens is 3. The van der Waals surface area contributed by atoms with E-state index >= 15 is 0 Å². The summed E-state index contributed by atoms with van der Waals surface area (Å²) < 4.78 is 1.14. The summed E-state index contributed by atoms with van der Waals surface area (Å²) in [5.41, 5.74) is 2.13. The first-order valence-corrected chi connectivity index (χ1v) is 9.91. The predicted molar refractivity (Wildman–Crippen MR) is 96.7 cm³/mol. The molecule has 2 heterocycles. The molecule has 0 atom stereocenters. The third-order valence-corrected chi connectivity index (χ3v) is 6.76. The lowest BCUT2D eigenvalue weighted by Gasteiger charge is -2.28. The van der Waals surface area contributed by atoms with Crippen LogP contribution in [0.25, 0.3) is 0 Å². The van der Waals surface area contributed by atoms with Crippen molar-refractivity contribution in [2.45, 2.75) is 61.6 Å². The normalized spacial score (nSPS) is 20.9. The maximum atomic E-state index is 12.2. The van der Waals surface area contributed by atoms with Gasteiger partial charge in [0.25, 0.3) is 5.56 Å². The first kappa shape index (κ1) is 17.3. The van der Waals surface area contributed by atoms with Crippen molar-refractivity contribution in [2.75, 3.05) is 0 Å². The van der Waals surface area contributed by atoms with Gasteiger partial charge in [0.2, 0.25) is 5.91 Å².